The second kappa shape index (κ2) is 5.80. The van der Waals surface area contributed by atoms with Gasteiger partial charge in [-0.15, -0.1) is 11.3 Å². The van der Waals surface area contributed by atoms with Gasteiger partial charge in [0.15, 0.2) is 0 Å². The Hall–Kier alpha value is -0.380. The molecule has 1 atom stereocenters. The van der Waals surface area contributed by atoms with E-state index in [1.54, 1.807) is 7.11 Å². The van der Waals surface area contributed by atoms with Crippen molar-refractivity contribution in [2.45, 2.75) is 51.7 Å². The van der Waals surface area contributed by atoms with Crippen LogP contribution in [0.4, 0.5) is 0 Å². The topological polar surface area (TPSA) is 35.2 Å². The van der Waals surface area contributed by atoms with Gasteiger partial charge in [0.1, 0.15) is 0 Å². The van der Waals surface area contributed by atoms with Gasteiger partial charge in [-0.2, -0.15) is 0 Å². The van der Waals surface area contributed by atoms with Crippen LogP contribution in [-0.4, -0.2) is 18.8 Å². The number of hydrogen-bond donors (Lipinski definition) is 1. The molecule has 0 saturated heterocycles. The summed E-state index contributed by atoms with van der Waals surface area (Å²) < 4.78 is 5.40. The van der Waals surface area contributed by atoms with E-state index in [9.17, 15) is 0 Å². The number of thiophene rings is 1. The van der Waals surface area contributed by atoms with Crippen LogP contribution in [0.2, 0.25) is 0 Å². The largest absolute Gasteiger partial charge is 0.379 e. The lowest BCUT2D eigenvalue weighted by atomic mass is 9.97. The second-order valence-electron chi connectivity index (χ2n) is 4.85. The first kappa shape index (κ1) is 13.7. The standard InChI is InChI=1S/C13H23NOS/c1-5-11-6-7-12(16-11)8-10(14)9-13(2,3)15-4/h6-7,10H,5,8-9,14H2,1-4H3. The summed E-state index contributed by atoms with van der Waals surface area (Å²) in [5.41, 5.74) is 6.02. The first-order valence-corrected chi connectivity index (χ1v) is 6.67. The molecule has 2 nitrogen and oxygen atoms in total. The molecule has 1 unspecified atom stereocenters. The van der Waals surface area contributed by atoms with Gasteiger partial charge < -0.3 is 10.5 Å². The van der Waals surface area contributed by atoms with E-state index in [4.69, 9.17) is 10.5 Å². The summed E-state index contributed by atoms with van der Waals surface area (Å²) >= 11 is 1.87. The van der Waals surface area contributed by atoms with Gasteiger partial charge in [0, 0.05) is 22.9 Å². The van der Waals surface area contributed by atoms with Gasteiger partial charge in [0.05, 0.1) is 5.60 Å². The number of ether oxygens (including phenoxy) is 1. The fourth-order valence-corrected chi connectivity index (χ4v) is 2.82. The normalized spacial score (nSPS) is 14.1. The predicted molar refractivity (Wildman–Crippen MR) is 71.1 cm³/mol. The van der Waals surface area contributed by atoms with Crippen LogP contribution in [0.5, 0.6) is 0 Å². The Morgan fingerprint density at radius 3 is 2.50 bits per heavy atom. The Kier molecular flexibility index (Phi) is 4.96. The molecule has 0 aliphatic rings. The highest BCUT2D eigenvalue weighted by Crippen LogP contribution is 2.21. The van der Waals surface area contributed by atoms with Crippen LogP contribution in [0.25, 0.3) is 0 Å². The highest BCUT2D eigenvalue weighted by molar-refractivity contribution is 7.11. The van der Waals surface area contributed by atoms with Crippen LogP contribution in [0.15, 0.2) is 12.1 Å². The zero-order valence-electron chi connectivity index (χ0n) is 10.7. The van der Waals surface area contributed by atoms with Gasteiger partial charge in [-0.25, -0.2) is 0 Å². The molecule has 2 N–H and O–H groups in total. The Bertz CT molecular complexity index is 319. The van der Waals surface area contributed by atoms with Crippen LogP contribution in [0.3, 0.4) is 0 Å². The number of nitrogens with two attached hydrogens (primary N) is 1. The molecule has 0 aromatic carbocycles. The van der Waals surface area contributed by atoms with Gasteiger partial charge in [0.25, 0.3) is 0 Å². The van der Waals surface area contributed by atoms with Crippen molar-refractivity contribution in [2.75, 3.05) is 7.11 Å². The molecule has 16 heavy (non-hydrogen) atoms. The second-order valence-corrected chi connectivity index (χ2v) is 6.11. The van der Waals surface area contributed by atoms with Gasteiger partial charge in [-0.3, -0.25) is 0 Å². The SMILES string of the molecule is CCc1ccc(CC(N)CC(C)(C)OC)s1. The molecule has 1 aromatic heterocycles. The minimum absolute atomic E-state index is 0.121. The molecular weight excluding hydrogens is 218 g/mol. The van der Waals surface area contributed by atoms with E-state index in [1.807, 2.05) is 11.3 Å². The number of rotatable bonds is 6. The Morgan fingerprint density at radius 2 is 2.00 bits per heavy atom. The van der Waals surface area contributed by atoms with E-state index < -0.39 is 0 Å². The predicted octanol–water partition coefficient (Wildman–Crippen LogP) is 3.00. The van der Waals surface area contributed by atoms with Gasteiger partial charge in [-0.1, -0.05) is 6.92 Å². The summed E-state index contributed by atoms with van der Waals surface area (Å²) in [6.07, 6.45) is 2.96. The maximum absolute atomic E-state index is 6.14. The molecule has 3 heteroatoms. The van der Waals surface area contributed by atoms with Crippen LogP contribution in [0, 0.1) is 0 Å². The van der Waals surface area contributed by atoms with Gasteiger partial charge in [0.2, 0.25) is 0 Å². The van der Waals surface area contributed by atoms with Gasteiger partial charge in [-0.05, 0) is 45.2 Å². The minimum atomic E-state index is -0.121. The third-order valence-corrected chi connectivity index (χ3v) is 4.09. The van der Waals surface area contributed by atoms with Crippen LogP contribution < -0.4 is 5.73 Å². The van der Waals surface area contributed by atoms with E-state index in [1.165, 1.54) is 9.75 Å². The van der Waals surface area contributed by atoms with Gasteiger partial charge >= 0.3 is 0 Å². The first-order chi connectivity index (χ1) is 7.46. The highest BCUT2D eigenvalue weighted by atomic mass is 32.1. The number of aryl methyl sites for hydroxylation is 1. The van der Waals surface area contributed by atoms with Crippen molar-refractivity contribution in [2.24, 2.45) is 5.73 Å². The molecule has 0 saturated carbocycles. The van der Waals surface area contributed by atoms with Crippen molar-refractivity contribution in [1.82, 2.24) is 0 Å². The van der Waals surface area contributed by atoms with Crippen LogP contribution >= 0.6 is 11.3 Å². The van der Waals surface area contributed by atoms with E-state index in [0.717, 1.165) is 19.3 Å². The zero-order chi connectivity index (χ0) is 12.2. The number of hydrogen-bond acceptors (Lipinski definition) is 3. The lowest BCUT2D eigenvalue weighted by Gasteiger charge is -2.26. The van der Waals surface area contributed by atoms with E-state index in [-0.39, 0.29) is 11.6 Å². The lowest BCUT2D eigenvalue weighted by molar-refractivity contribution is 0.0102. The average Bonchev–Trinajstić information content (AvgIpc) is 2.64. The molecule has 0 amide bonds. The molecule has 1 rings (SSSR count). The minimum Gasteiger partial charge on any atom is -0.379 e. The monoisotopic (exact) mass is 241 g/mol. The lowest BCUT2D eigenvalue weighted by Crippen LogP contribution is -2.34. The van der Waals surface area contributed by atoms with Crippen molar-refractivity contribution in [3.63, 3.8) is 0 Å². The molecule has 0 fully saturated rings. The molecule has 0 aliphatic carbocycles. The number of methoxy groups -OCH3 is 1. The fourth-order valence-electron chi connectivity index (χ4n) is 1.77. The molecule has 0 aliphatic heterocycles. The van der Waals surface area contributed by atoms with Crippen molar-refractivity contribution in [3.8, 4) is 0 Å². The van der Waals surface area contributed by atoms with Crippen molar-refractivity contribution in [3.05, 3.63) is 21.9 Å². The first-order valence-electron chi connectivity index (χ1n) is 5.85. The van der Waals surface area contributed by atoms with E-state index in [0.29, 0.717) is 0 Å². The zero-order valence-corrected chi connectivity index (χ0v) is 11.6. The highest BCUT2D eigenvalue weighted by Gasteiger charge is 2.20. The van der Waals surface area contributed by atoms with E-state index in [2.05, 4.69) is 32.9 Å². The van der Waals surface area contributed by atoms with Crippen LogP contribution in [0.1, 0.15) is 36.9 Å². The molecule has 0 radical (unpaired) electrons. The third-order valence-electron chi connectivity index (χ3n) is 2.84. The molecule has 92 valence electrons. The Morgan fingerprint density at radius 1 is 1.38 bits per heavy atom. The summed E-state index contributed by atoms with van der Waals surface area (Å²) in [6.45, 7) is 6.35. The Balaban J connectivity index is 2.48. The molecule has 1 heterocycles. The van der Waals surface area contributed by atoms with Crippen molar-refractivity contribution < 1.29 is 4.74 Å². The molecule has 0 spiro atoms. The summed E-state index contributed by atoms with van der Waals surface area (Å²) in [7, 11) is 1.74. The summed E-state index contributed by atoms with van der Waals surface area (Å²) in [5.74, 6) is 0. The van der Waals surface area contributed by atoms with E-state index >= 15 is 0 Å². The average molecular weight is 241 g/mol. The Labute approximate surface area is 103 Å². The summed E-state index contributed by atoms with van der Waals surface area (Å²) in [5, 5.41) is 0. The molecule has 0 bridgehead atoms. The van der Waals surface area contributed by atoms with Crippen molar-refractivity contribution >= 4 is 11.3 Å². The smallest absolute Gasteiger partial charge is 0.0637 e. The molecule has 1 aromatic rings. The van der Waals surface area contributed by atoms with Crippen LogP contribution in [-0.2, 0) is 17.6 Å². The molecular formula is C13H23NOS. The maximum atomic E-state index is 6.14. The summed E-state index contributed by atoms with van der Waals surface area (Å²) in [6, 6.07) is 4.58. The van der Waals surface area contributed by atoms with Crippen molar-refractivity contribution in [1.29, 1.82) is 0 Å². The fraction of sp³-hybridized carbons (Fsp3) is 0.692. The summed E-state index contributed by atoms with van der Waals surface area (Å²) in [4.78, 5) is 2.82. The quantitative estimate of drug-likeness (QED) is 0.831. The third kappa shape index (κ3) is 4.24. The maximum Gasteiger partial charge on any atom is 0.0637 e.